The maximum Gasteiger partial charge on any atom is 0.335 e. The molecule has 1 atom stereocenters. The summed E-state index contributed by atoms with van der Waals surface area (Å²) < 4.78 is 0. The summed E-state index contributed by atoms with van der Waals surface area (Å²) in [6, 6.07) is 21.6. The van der Waals surface area contributed by atoms with Gasteiger partial charge in [0.05, 0.1) is 22.5 Å². The number of carbonyl (C=O) groups excluding carboxylic acids is 2. The van der Waals surface area contributed by atoms with Gasteiger partial charge in [-0.3, -0.25) is 9.59 Å². The number of carbonyl (C=O) groups is 3. The van der Waals surface area contributed by atoms with E-state index in [9.17, 15) is 19.5 Å². The average molecular weight is 497 g/mol. The molecular formula is C29H28N4O4. The number of carboxylic acids is 1. The van der Waals surface area contributed by atoms with Crippen molar-refractivity contribution < 1.29 is 19.5 Å². The predicted octanol–water partition coefficient (Wildman–Crippen LogP) is 4.09. The van der Waals surface area contributed by atoms with E-state index in [1.54, 1.807) is 18.2 Å². The fourth-order valence-corrected chi connectivity index (χ4v) is 4.69. The molecule has 0 radical (unpaired) electrons. The van der Waals surface area contributed by atoms with Gasteiger partial charge in [0, 0.05) is 42.5 Å². The highest BCUT2D eigenvalue weighted by molar-refractivity contribution is 6.37. The van der Waals surface area contributed by atoms with Crippen molar-refractivity contribution in [2.24, 2.45) is 0 Å². The highest BCUT2D eigenvalue weighted by atomic mass is 16.4. The molecule has 5 rings (SSSR count). The lowest BCUT2D eigenvalue weighted by Gasteiger charge is -2.37. The molecule has 0 aromatic heterocycles. The molecule has 37 heavy (non-hydrogen) atoms. The molecule has 8 heteroatoms. The number of hydrogen-bond donors (Lipinski definition) is 3. The Balaban J connectivity index is 1.47. The smallest absolute Gasteiger partial charge is 0.335 e. The summed E-state index contributed by atoms with van der Waals surface area (Å²) in [5, 5.41) is 15.5. The number of hydrogen-bond acceptors (Lipinski definition) is 5. The lowest BCUT2D eigenvalue weighted by atomic mass is 9.99. The number of aromatic carboxylic acids is 1. The zero-order valence-corrected chi connectivity index (χ0v) is 20.7. The van der Waals surface area contributed by atoms with E-state index in [4.69, 9.17) is 0 Å². The summed E-state index contributed by atoms with van der Waals surface area (Å²) in [6.07, 6.45) is 0. The Bertz CT molecular complexity index is 1400. The van der Waals surface area contributed by atoms with Gasteiger partial charge >= 0.3 is 5.97 Å². The van der Waals surface area contributed by atoms with Crippen LogP contribution in [0.1, 0.15) is 38.8 Å². The van der Waals surface area contributed by atoms with Crippen LogP contribution >= 0.6 is 0 Å². The molecule has 2 aliphatic heterocycles. The quantitative estimate of drug-likeness (QED) is 0.460. The Morgan fingerprint density at radius 3 is 2.32 bits per heavy atom. The third kappa shape index (κ3) is 4.83. The SMILES string of the molecule is C[C@@H]1CN(C(=O)c2ccc(N/C(=C3\C(=O)Nc4cc(C(=O)O)ccc43)c3ccccc3)cc2)CCN1C. The molecule has 3 aromatic rings. The second-order valence-electron chi connectivity index (χ2n) is 9.42. The van der Waals surface area contributed by atoms with Gasteiger partial charge in [0.1, 0.15) is 0 Å². The second-order valence-corrected chi connectivity index (χ2v) is 9.42. The normalized spacial score (nSPS) is 18.7. The van der Waals surface area contributed by atoms with E-state index in [2.05, 4.69) is 29.5 Å². The largest absolute Gasteiger partial charge is 0.478 e. The van der Waals surface area contributed by atoms with Crippen LogP contribution in [0.2, 0.25) is 0 Å². The maximum atomic E-state index is 13.1. The van der Waals surface area contributed by atoms with Crippen molar-refractivity contribution in [3.05, 3.63) is 95.1 Å². The molecule has 1 fully saturated rings. The molecule has 0 saturated carbocycles. The molecule has 188 valence electrons. The van der Waals surface area contributed by atoms with Crippen LogP contribution in [-0.2, 0) is 4.79 Å². The molecule has 3 aromatic carbocycles. The number of nitrogens with one attached hydrogen (secondary N) is 2. The third-order valence-electron chi connectivity index (χ3n) is 6.97. The van der Waals surface area contributed by atoms with Gasteiger partial charge in [-0.2, -0.15) is 0 Å². The monoisotopic (exact) mass is 496 g/mol. The highest BCUT2D eigenvalue weighted by Gasteiger charge is 2.29. The van der Waals surface area contributed by atoms with Gasteiger partial charge < -0.3 is 25.5 Å². The fraction of sp³-hybridized carbons (Fsp3) is 0.207. The molecule has 1 saturated heterocycles. The van der Waals surface area contributed by atoms with Crippen LogP contribution in [0.5, 0.6) is 0 Å². The molecular weight excluding hydrogens is 468 g/mol. The van der Waals surface area contributed by atoms with Crippen LogP contribution in [0.25, 0.3) is 11.3 Å². The second kappa shape index (κ2) is 9.91. The lowest BCUT2D eigenvalue weighted by Crippen LogP contribution is -2.52. The van der Waals surface area contributed by atoms with Crippen molar-refractivity contribution in [1.29, 1.82) is 0 Å². The highest BCUT2D eigenvalue weighted by Crippen LogP contribution is 2.38. The Labute approximate surface area is 215 Å². The van der Waals surface area contributed by atoms with E-state index in [1.807, 2.05) is 47.4 Å². The first-order chi connectivity index (χ1) is 17.8. The molecule has 0 spiro atoms. The first kappa shape index (κ1) is 24.3. The first-order valence-electron chi connectivity index (χ1n) is 12.2. The number of rotatable bonds is 5. The van der Waals surface area contributed by atoms with Crippen molar-refractivity contribution in [3.63, 3.8) is 0 Å². The summed E-state index contributed by atoms with van der Waals surface area (Å²) in [4.78, 5) is 41.7. The van der Waals surface area contributed by atoms with Crippen LogP contribution in [0.15, 0.2) is 72.8 Å². The molecule has 0 unspecified atom stereocenters. The standard InChI is InChI=1S/C29H28N4O4/c1-18-17-33(15-14-32(18)2)28(35)20-8-11-22(12-9-20)30-26(19-6-4-3-5-7-19)25-23-13-10-21(29(36)37)16-24(23)31-27(25)34/h3-13,16,18,30H,14-15,17H2,1-2H3,(H,31,34)(H,36,37)/b26-25-/t18-/m1/s1. The number of fused-ring (bicyclic) bond motifs is 1. The van der Waals surface area contributed by atoms with Gasteiger partial charge in [-0.25, -0.2) is 4.79 Å². The van der Waals surface area contributed by atoms with E-state index < -0.39 is 5.97 Å². The minimum absolute atomic E-state index is 0.00599. The van der Waals surface area contributed by atoms with Crippen molar-refractivity contribution in [2.75, 3.05) is 37.3 Å². The molecule has 2 amide bonds. The first-order valence-corrected chi connectivity index (χ1v) is 12.2. The number of piperazine rings is 1. The fourth-order valence-electron chi connectivity index (χ4n) is 4.69. The maximum absolute atomic E-state index is 13.1. The third-order valence-corrected chi connectivity index (χ3v) is 6.97. The van der Waals surface area contributed by atoms with Crippen LogP contribution in [0, 0.1) is 0 Å². The number of likely N-dealkylation sites (N-methyl/N-ethyl adjacent to an activating group) is 1. The van der Waals surface area contributed by atoms with Gasteiger partial charge in [-0.15, -0.1) is 0 Å². The number of amides is 2. The number of nitrogens with zero attached hydrogens (tertiary/aromatic N) is 2. The molecule has 0 bridgehead atoms. The Kier molecular flexibility index (Phi) is 6.50. The van der Waals surface area contributed by atoms with Crippen molar-refractivity contribution in [3.8, 4) is 0 Å². The molecule has 8 nitrogen and oxygen atoms in total. The van der Waals surface area contributed by atoms with Gasteiger partial charge in [0.2, 0.25) is 0 Å². The average Bonchev–Trinajstić information content (AvgIpc) is 3.24. The summed E-state index contributed by atoms with van der Waals surface area (Å²) in [5.41, 5.74) is 4.32. The van der Waals surface area contributed by atoms with Gasteiger partial charge in [0.25, 0.3) is 11.8 Å². The summed E-state index contributed by atoms with van der Waals surface area (Å²) >= 11 is 0. The van der Waals surface area contributed by atoms with Crippen LogP contribution in [0.4, 0.5) is 11.4 Å². The van der Waals surface area contributed by atoms with Crippen molar-refractivity contribution in [2.45, 2.75) is 13.0 Å². The molecule has 0 aliphatic carbocycles. The van der Waals surface area contributed by atoms with Crippen LogP contribution < -0.4 is 10.6 Å². The zero-order chi connectivity index (χ0) is 26.1. The molecule has 3 N–H and O–H groups in total. The van der Waals surface area contributed by atoms with E-state index in [-0.39, 0.29) is 17.4 Å². The van der Waals surface area contributed by atoms with Gasteiger partial charge in [-0.05, 0) is 55.9 Å². The van der Waals surface area contributed by atoms with E-state index in [0.29, 0.717) is 47.2 Å². The lowest BCUT2D eigenvalue weighted by molar-refractivity contribution is -0.110. The van der Waals surface area contributed by atoms with E-state index in [0.717, 1.165) is 17.8 Å². The minimum atomic E-state index is -1.06. The molecule has 2 aliphatic rings. The van der Waals surface area contributed by atoms with Crippen LogP contribution in [0.3, 0.4) is 0 Å². The Morgan fingerprint density at radius 2 is 1.65 bits per heavy atom. The summed E-state index contributed by atoms with van der Waals surface area (Å²) in [5.74, 6) is -1.37. The summed E-state index contributed by atoms with van der Waals surface area (Å²) in [6.45, 7) is 4.35. The molecule has 2 heterocycles. The Morgan fingerprint density at radius 1 is 0.946 bits per heavy atom. The van der Waals surface area contributed by atoms with E-state index in [1.165, 1.54) is 12.1 Å². The topological polar surface area (TPSA) is 102 Å². The predicted molar refractivity (Wildman–Crippen MR) is 143 cm³/mol. The number of carboxylic acid groups (broad SMARTS) is 1. The number of benzene rings is 3. The van der Waals surface area contributed by atoms with E-state index >= 15 is 0 Å². The van der Waals surface area contributed by atoms with Gasteiger partial charge in [0.15, 0.2) is 0 Å². The van der Waals surface area contributed by atoms with Crippen LogP contribution in [-0.4, -0.2) is 65.4 Å². The van der Waals surface area contributed by atoms with Crippen molar-refractivity contribution >= 4 is 40.4 Å². The minimum Gasteiger partial charge on any atom is -0.478 e. The number of anilines is 2. The zero-order valence-electron chi connectivity index (χ0n) is 20.7. The Hall–Kier alpha value is -4.43. The van der Waals surface area contributed by atoms with Gasteiger partial charge in [-0.1, -0.05) is 36.4 Å². The summed E-state index contributed by atoms with van der Waals surface area (Å²) in [7, 11) is 2.07. The van der Waals surface area contributed by atoms with Crippen molar-refractivity contribution in [1.82, 2.24) is 9.80 Å².